The number of benzene rings is 2. The molecule has 0 aromatic heterocycles. The first-order valence-corrected chi connectivity index (χ1v) is 12.0. The summed E-state index contributed by atoms with van der Waals surface area (Å²) in [5, 5.41) is 3.53. The van der Waals surface area contributed by atoms with Gasteiger partial charge in [0.25, 0.3) is 5.96 Å². The van der Waals surface area contributed by atoms with Gasteiger partial charge in [-0.05, 0) is 54.2 Å². The zero-order valence-electron chi connectivity index (χ0n) is 19.0. The monoisotopic (exact) mass is 492 g/mol. The highest BCUT2D eigenvalue weighted by Gasteiger charge is 2.29. The fraction of sp³-hybridized carbons (Fsp3) is 0.364. The number of aryl methyl sites for hydroxylation is 2. The summed E-state index contributed by atoms with van der Waals surface area (Å²) in [5.74, 6) is -0.136. The number of rotatable bonds is 9. The van der Waals surface area contributed by atoms with Gasteiger partial charge in [-0.3, -0.25) is 4.79 Å². The Morgan fingerprint density at radius 3 is 2.74 bits per heavy atom. The topological polar surface area (TPSA) is 142 Å². The Bertz CT molecular complexity index is 1140. The molecule has 0 unspecified atom stereocenters. The minimum absolute atomic E-state index is 0.170. The number of para-hydroxylation sites is 1. The average molecular weight is 493 g/mol. The van der Waals surface area contributed by atoms with Gasteiger partial charge in [0, 0.05) is 26.0 Å². The molecule has 1 aliphatic heterocycles. The van der Waals surface area contributed by atoms with Crippen LogP contribution >= 0.6 is 0 Å². The number of nitrogens with two attached hydrogens (primary N) is 1. The first-order valence-electron chi connectivity index (χ1n) is 10.7. The van der Waals surface area contributed by atoms with E-state index < -0.39 is 16.3 Å². The van der Waals surface area contributed by atoms with Crippen LogP contribution in [0.4, 0.5) is 5.69 Å². The number of anilines is 1. The normalized spacial score (nSPS) is 13.6. The number of hydrogen-bond donors (Lipinski definition) is 2. The number of nitrogens with zero attached hydrogens (tertiary/aromatic N) is 2. The van der Waals surface area contributed by atoms with Crippen molar-refractivity contribution in [2.45, 2.75) is 33.1 Å². The molecular weight excluding hydrogens is 464 g/mol. The number of hydrogen-bond acceptors (Lipinski definition) is 8. The summed E-state index contributed by atoms with van der Waals surface area (Å²) < 4.78 is 38.5. The molecule has 0 radical (unpaired) electrons. The van der Waals surface area contributed by atoms with Crippen molar-refractivity contribution in [1.82, 2.24) is 5.48 Å². The van der Waals surface area contributed by atoms with Crippen LogP contribution in [0.2, 0.25) is 0 Å². The van der Waals surface area contributed by atoms with Crippen LogP contribution in [0.3, 0.4) is 0 Å². The zero-order chi connectivity index (χ0) is 24.6. The Kier molecular flexibility index (Phi) is 8.41. The summed E-state index contributed by atoms with van der Waals surface area (Å²) >= 11 is 0. The van der Waals surface area contributed by atoms with E-state index in [1.54, 1.807) is 18.2 Å². The second-order valence-electron chi connectivity index (χ2n) is 7.53. The van der Waals surface area contributed by atoms with Crippen LogP contribution < -0.4 is 24.4 Å². The van der Waals surface area contributed by atoms with E-state index in [-0.39, 0.29) is 24.9 Å². The molecule has 34 heavy (non-hydrogen) atoms. The van der Waals surface area contributed by atoms with Gasteiger partial charge in [-0.15, -0.1) is 0 Å². The molecule has 1 heterocycles. The van der Waals surface area contributed by atoms with Crippen LogP contribution in [-0.2, 0) is 31.2 Å². The van der Waals surface area contributed by atoms with Gasteiger partial charge in [0.05, 0.1) is 12.3 Å². The van der Waals surface area contributed by atoms with Crippen LogP contribution in [0, 0.1) is 6.92 Å². The lowest BCUT2D eigenvalue weighted by molar-refractivity contribution is -0.145. The van der Waals surface area contributed by atoms with E-state index in [1.807, 2.05) is 25.1 Å². The van der Waals surface area contributed by atoms with Crippen molar-refractivity contribution >= 4 is 27.9 Å². The van der Waals surface area contributed by atoms with Gasteiger partial charge < -0.3 is 24.3 Å². The maximum atomic E-state index is 13.0. The maximum Gasteiger partial charge on any atom is 0.409 e. The molecule has 0 fully saturated rings. The molecule has 0 bridgehead atoms. The fourth-order valence-electron chi connectivity index (χ4n) is 3.31. The molecular formula is C22H28N4O7S. The van der Waals surface area contributed by atoms with Gasteiger partial charge in [-0.2, -0.15) is 13.9 Å². The largest absolute Gasteiger partial charge is 0.493 e. The standard InChI is InChI=1S/C22H28N4O7S/c1-16-13-19(30-11-6-12-31-24-22(23)25-32-17(2)27)15-20(14-16)33-34(28,29)26-10-5-8-18-7-3-4-9-21(18)26/h3-4,7,9,13-15H,5-6,8,10-12H2,1-2H3,(H3,23,24,25). The minimum Gasteiger partial charge on any atom is -0.493 e. The molecule has 0 spiro atoms. The molecule has 0 aliphatic carbocycles. The molecule has 1 aliphatic rings. The van der Waals surface area contributed by atoms with Gasteiger partial charge in [0.15, 0.2) is 0 Å². The van der Waals surface area contributed by atoms with E-state index in [1.165, 1.54) is 17.3 Å². The summed E-state index contributed by atoms with van der Waals surface area (Å²) in [7, 11) is -4.04. The van der Waals surface area contributed by atoms with Crippen LogP contribution in [0.1, 0.15) is 30.9 Å². The number of fused-ring (bicyclic) bond motifs is 1. The highest BCUT2D eigenvalue weighted by atomic mass is 32.2. The molecule has 0 amide bonds. The Morgan fingerprint density at radius 1 is 1.18 bits per heavy atom. The van der Waals surface area contributed by atoms with Crippen LogP contribution in [0.25, 0.3) is 0 Å². The predicted molar refractivity (Wildman–Crippen MR) is 125 cm³/mol. The van der Waals surface area contributed by atoms with Gasteiger partial charge in [-0.1, -0.05) is 18.2 Å². The second-order valence-corrected chi connectivity index (χ2v) is 9.00. The molecule has 3 rings (SSSR count). The summed E-state index contributed by atoms with van der Waals surface area (Å²) in [6.07, 6.45) is 2.02. The average Bonchev–Trinajstić information content (AvgIpc) is 2.79. The molecule has 0 saturated heterocycles. The third-order valence-electron chi connectivity index (χ3n) is 4.67. The Hall–Kier alpha value is -3.67. The Labute approximate surface area is 198 Å². The summed E-state index contributed by atoms with van der Waals surface area (Å²) in [5.41, 5.74) is 9.95. The molecule has 0 atom stereocenters. The number of carbonyl (C=O) groups is 1. The molecule has 3 N–H and O–H groups in total. The predicted octanol–water partition coefficient (Wildman–Crippen LogP) is 2.15. The van der Waals surface area contributed by atoms with E-state index in [4.69, 9.17) is 19.5 Å². The summed E-state index contributed by atoms with van der Waals surface area (Å²) in [6, 6.07) is 12.4. The van der Waals surface area contributed by atoms with Crippen molar-refractivity contribution in [2.75, 3.05) is 24.1 Å². The minimum atomic E-state index is -4.04. The zero-order valence-corrected chi connectivity index (χ0v) is 19.8. The maximum absolute atomic E-state index is 13.0. The Balaban J connectivity index is 1.54. The quantitative estimate of drug-likeness (QED) is 0.233. The van der Waals surface area contributed by atoms with E-state index in [9.17, 15) is 13.2 Å². The first-order chi connectivity index (χ1) is 16.2. The number of oxime groups is 1. The molecule has 12 heteroatoms. The number of hydroxylamine groups is 1. The third-order valence-corrected chi connectivity index (χ3v) is 6.00. The molecule has 11 nitrogen and oxygen atoms in total. The van der Waals surface area contributed by atoms with E-state index in [0.717, 1.165) is 24.0 Å². The Morgan fingerprint density at radius 2 is 1.94 bits per heavy atom. The van der Waals surface area contributed by atoms with Gasteiger partial charge >= 0.3 is 16.3 Å². The van der Waals surface area contributed by atoms with Gasteiger partial charge in [-0.25, -0.2) is 4.31 Å². The number of guanidine groups is 1. The highest BCUT2D eigenvalue weighted by molar-refractivity contribution is 7.88. The summed E-state index contributed by atoms with van der Waals surface area (Å²) in [4.78, 5) is 20.1. The number of carbonyl (C=O) groups excluding carboxylic acids is 1. The first kappa shape index (κ1) is 25.0. The molecule has 184 valence electrons. The molecule has 2 aromatic carbocycles. The highest BCUT2D eigenvalue weighted by Crippen LogP contribution is 2.31. The number of nitrogens with one attached hydrogen (secondary N) is 1. The fourth-order valence-corrected chi connectivity index (χ4v) is 4.52. The van der Waals surface area contributed by atoms with Crippen molar-refractivity contribution in [3.63, 3.8) is 0 Å². The van der Waals surface area contributed by atoms with E-state index in [0.29, 0.717) is 24.4 Å². The smallest absolute Gasteiger partial charge is 0.409 e. The van der Waals surface area contributed by atoms with Crippen LogP contribution in [0.15, 0.2) is 47.6 Å². The lowest BCUT2D eigenvalue weighted by atomic mass is 10.0. The van der Waals surface area contributed by atoms with Crippen molar-refractivity contribution in [1.29, 1.82) is 0 Å². The number of ether oxygens (including phenoxy) is 1. The SMILES string of the molecule is CC(=O)ONC(N)=NOCCCOc1cc(C)cc(OS(=O)(=O)N2CCCc3ccccc32)c1. The third kappa shape index (κ3) is 7.17. The van der Waals surface area contributed by atoms with Crippen molar-refractivity contribution in [3.05, 3.63) is 53.6 Å². The second kappa shape index (κ2) is 11.5. The van der Waals surface area contributed by atoms with Crippen molar-refractivity contribution in [2.24, 2.45) is 10.9 Å². The van der Waals surface area contributed by atoms with Crippen molar-refractivity contribution in [3.8, 4) is 11.5 Å². The van der Waals surface area contributed by atoms with Crippen LogP contribution in [0.5, 0.6) is 11.5 Å². The van der Waals surface area contributed by atoms with Crippen LogP contribution in [-0.4, -0.2) is 40.1 Å². The lowest BCUT2D eigenvalue weighted by Gasteiger charge is -2.29. The van der Waals surface area contributed by atoms with Gasteiger partial charge in [0.2, 0.25) is 0 Å². The molecule has 0 saturated carbocycles. The van der Waals surface area contributed by atoms with E-state index >= 15 is 0 Å². The van der Waals surface area contributed by atoms with Gasteiger partial charge in [0.1, 0.15) is 18.1 Å². The van der Waals surface area contributed by atoms with E-state index in [2.05, 4.69) is 15.5 Å². The van der Waals surface area contributed by atoms with Crippen molar-refractivity contribution < 1.29 is 31.8 Å². The molecule has 2 aromatic rings. The summed E-state index contributed by atoms with van der Waals surface area (Å²) in [6.45, 7) is 3.86. The lowest BCUT2D eigenvalue weighted by Crippen LogP contribution is -2.38.